The summed E-state index contributed by atoms with van der Waals surface area (Å²) in [6, 6.07) is 12.5. The van der Waals surface area contributed by atoms with Gasteiger partial charge in [-0.3, -0.25) is 14.6 Å². The Labute approximate surface area is 243 Å². The van der Waals surface area contributed by atoms with Crippen LogP contribution in [0.1, 0.15) is 61.9 Å². The van der Waals surface area contributed by atoms with Gasteiger partial charge in [0.1, 0.15) is 0 Å². The molecule has 3 aromatic rings. The van der Waals surface area contributed by atoms with Crippen LogP contribution in [0.2, 0.25) is 0 Å². The minimum absolute atomic E-state index is 0.170. The highest BCUT2D eigenvalue weighted by Crippen LogP contribution is 2.32. The van der Waals surface area contributed by atoms with Gasteiger partial charge in [0.25, 0.3) is 5.91 Å². The SMILES string of the molecule is CCCCN(CCCC)S(=O)(=O)c1ccc(C(=O)N(CCCN2CCOCC2)c2nc3c(C)cccc3s2)cc1. The van der Waals surface area contributed by atoms with E-state index in [-0.39, 0.29) is 10.8 Å². The molecule has 1 aliphatic heterocycles. The van der Waals surface area contributed by atoms with Gasteiger partial charge in [-0.2, -0.15) is 4.31 Å². The van der Waals surface area contributed by atoms with Crippen LogP contribution < -0.4 is 4.90 Å². The zero-order valence-corrected chi connectivity index (χ0v) is 25.6. The van der Waals surface area contributed by atoms with E-state index < -0.39 is 10.0 Å². The number of hydrogen-bond donors (Lipinski definition) is 0. The predicted molar refractivity (Wildman–Crippen MR) is 163 cm³/mol. The molecule has 0 atom stereocenters. The van der Waals surface area contributed by atoms with E-state index >= 15 is 0 Å². The van der Waals surface area contributed by atoms with Crippen molar-refractivity contribution in [2.24, 2.45) is 0 Å². The van der Waals surface area contributed by atoms with Crippen LogP contribution in [-0.4, -0.2) is 81.0 Å². The predicted octanol–water partition coefficient (Wildman–Crippen LogP) is 5.56. The van der Waals surface area contributed by atoms with Crippen molar-refractivity contribution in [3.8, 4) is 0 Å². The van der Waals surface area contributed by atoms with Gasteiger partial charge in [0.15, 0.2) is 5.13 Å². The second-order valence-electron chi connectivity index (χ2n) is 10.3. The average molecular weight is 587 g/mol. The fraction of sp³-hybridized carbons (Fsp3) is 0.533. The molecule has 0 unspecified atom stereocenters. The van der Waals surface area contributed by atoms with E-state index in [1.807, 2.05) is 25.1 Å². The molecule has 1 aromatic heterocycles. The third kappa shape index (κ3) is 7.47. The van der Waals surface area contributed by atoms with Crippen LogP contribution in [0.15, 0.2) is 47.4 Å². The number of para-hydroxylation sites is 1. The Kier molecular flexibility index (Phi) is 11.1. The van der Waals surface area contributed by atoms with Crippen LogP contribution >= 0.6 is 11.3 Å². The number of benzene rings is 2. The van der Waals surface area contributed by atoms with Crippen molar-refractivity contribution < 1.29 is 17.9 Å². The van der Waals surface area contributed by atoms with Crippen LogP contribution in [0.5, 0.6) is 0 Å². The topological polar surface area (TPSA) is 83.1 Å². The van der Waals surface area contributed by atoms with Crippen LogP contribution in [0.3, 0.4) is 0 Å². The van der Waals surface area contributed by atoms with E-state index in [4.69, 9.17) is 9.72 Å². The molecule has 0 aliphatic carbocycles. The van der Waals surface area contributed by atoms with E-state index in [1.54, 1.807) is 33.5 Å². The van der Waals surface area contributed by atoms with Crippen LogP contribution in [0, 0.1) is 6.92 Å². The van der Waals surface area contributed by atoms with Crippen LogP contribution in [0.25, 0.3) is 10.2 Å². The first kappa shape index (κ1) is 30.6. The first-order valence-electron chi connectivity index (χ1n) is 14.4. The molecule has 10 heteroatoms. The summed E-state index contributed by atoms with van der Waals surface area (Å²) in [5.74, 6) is -0.170. The number of ether oxygens (including phenoxy) is 1. The molecular formula is C30H42N4O4S2. The van der Waals surface area contributed by atoms with E-state index in [0.29, 0.717) is 30.3 Å². The lowest BCUT2D eigenvalue weighted by Gasteiger charge is -2.27. The molecule has 0 bridgehead atoms. The van der Waals surface area contributed by atoms with E-state index in [1.165, 1.54) is 11.3 Å². The van der Waals surface area contributed by atoms with E-state index in [2.05, 4.69) is 18.7 Å². The average Bonchev–Trinajstić information content (AvgIpc) is 3.41. The number of morpholine rings is 1. The highest BCUT2D eigenvalue weighted by atomic mass is 32.2. The minimum atomic E-state index is -3.63. The van der Waals surface area contributed by atoms with Gasteiger partial charge in [-0.15, -0.1) is 0 Å². The highest BCUT2D eigenvalue weighted by molar-refractivity contribution is 7.89. The monoisotopic (exact) mass is 586 g/mol. The first-order chi connectivity index (χ1) is 19.3. The Bertz CT molecular complexity index is 1340. The maximum atomic E-state index is 13.9. The van der Waals surface area contributed by atoms with Gasteiger partial charge in [0.2, 0.25) is 10.0 Å². The van der Waals surface area contributed by atoms with Gasteiger partial charge < -0.3 is 4.74 Å². The molecule has 8 nitrogen and oxygen atoms in total. The number of fused-ring (bicyclic) bond motifs is 1. The number of aromatic nitrogens is 1. The van der Waals surface area contributed by atoms with Crippen molar-refractivity contribution in [3.05, 3.63) is 53.6 Å². The van der Waals surface area contributed by atoms with Gasteiger partial charge >= 0.3 is 0 Å². The Balaban J connectivity index is 1.56. The third-order valence-electron chi connectivity index (χ3n) is 7.31. The van der Waals surface area contributed by atoms with Gasteiger partial charge in [-0.05, 0) is 62.1 Å². The lowest BCUT2D eigenvalue weighted by molar-refractivity contribution is 0.0376. The lowest BCUT2D eigenvalue weighted by Crippen LogP contribution is -2.39. The second-order valence-corrected chi connectivity index (χ2v) is 13.3. The molecule has 0 saturated carbocycles. The minimum Gasteiger partial charge on any atom is -0.379 e. The second kappa shape index (κ2) is 14.5. The van der Waals surface area contributed by atoms with E-state index in [0.717, 1.165) is 80.7 Å². The number of thiazole rings is 1. The number of sulfonamides is 1. The molecular weight excluding hydrogens is 544 g/mol. The standard InChI is InChI=1S/C30H42N4O4S2/c1-4-6-17-33(18-7-5-2)40(36,37)26-14-12-25(13-15-26)29(35)34(19-9-16-32-20-22-38-23-21-32)30-31-28-24(3)10-8-11-27(28)39-30/h8,10-15H,4-7,9,16-23H2,1-3H3. The molecule has 218 valence electrons. The van der Waals surface area contributed by atoms with Gasteiger partial charge in [0.05, 0.1) is 28.3 Å². The summed E-state index contributed by atoms with van der Waals surface area (Å²) in [5, 5.41) is 0.665. The normalized spacial score (nSPS) is 14.7. The van der Waals surface area contributed by atoms with Crippen molar-refractivity contribution in [3.63, 3.8) is 0 Å². The fourth-order valence-electron chi connectivity index (χ4n) is 4.85. The van der Waals surface area contributed by atoms with Gasteiger partial charge in [0, 0.05) is 44.8 Å². The number of rotatable bonds is 14. The van der Waals surface area contributed by atoms with Crippen molar-refractivity contribution in [2.75, 3.05) is 57.4 Å². The van der Waals surface area contributed by atoms with Crippen molar-refractivity contribution in [1.29, 1.82) is 0 Å². The smallest absolute Gasteiger partial charge is 0.260 e. The van der Waals surface area contributed by atoms with Crippen molar-refractivity contribution in [2.45, 2.75) is 57.8 Å². The zero-order chi connectivity index (χ0) is 28.5. The third-order valence-corrected chi connectivity index (χ3v) is 10.3. The van der Waals surface area contributed by atoms with Crippen molar-refractivity contribution in [1.82, 2.24) is 14.2 Å². The molecule has 0 radical (unpaired) electrons. The Morgan fingerprint density at radius 3 is 2.27 bits per heavy atom. The Hall–Kier alpha value is -2.37. The maximum Gasteiger partial charge on any atom is 0.260 e. The molecule has 40 heavy (non-hydrogen) atoms. The lowest BCUT2D eigenvalue weighted by atomic mass is 10.2. The summed E-state index contributed by atoms with van der Waals surface area (Å²) in [6.45, 7) is 11.8. The largest absolute Gasteiger partial charge is 0.379 e. The summed E-state index contributed by atoms with van der Waals surface area (Å²) in [7, 11) is -3.63. The molecule has 1 saturated heterocycles. The number of nitrogens with zero attached hydrogens (tertiary/aromatic N) is 4. The summed E-state index contributed by atoms with van der Waals surface area (Å²) < 4.78 is 34.9. The summed E-state index contributed by atoms with van der Waals surface area (Å²) in [4.78, 5) is 23.1. The molecule has 0 spiro atoms. The molecule has 4 rings (SSSR count). The number of amides is 1. The number of hydrogen-bond acceptors (Lipinski definition) is 7. The molecule has 0 N–H and O–H groups in total. The first-order valence-corrected chi connectivity index (χ1v) is 16.7. The van der Waals surface area contributed by atoms with Gasteiger partial charge in [-0.25, -0.2) is 13.4 Å². The zero-order valence-electron chi connectivity index (χ0n) is 24.0. The number of aryl methyl sites for hydroxylation is 1. The molecule has 1 amide bonds. The summed E-state index contributed by atoms with van der Waals surface area (Å²) in [5.41, 5.74) is 2.44. The van der Waals surface area contributed by atoms with Crippen LogP contribution in [-0.2, 0) is 14.8 Å². The highest BCUT2D eigenvalue weighted by Gasteiger charge is 2.26. The molecule has 1 aliphatic rings. The molecule has 2 heterocycles. The van der Waals surface area contributed by atoms with E-state index in [9.17, 15) is 13.2 Å². The summed E-state index contributed by atoms with van der Waals surface area (Å²) in [6.07, 6.45) is 4.30. The number of carbonyl (C=O) groups is 1. The molecule has 1 fully saturated rings. The fourth-order valence-corrected chi connectivity index (χ4v) is 7.43. The number of unbranched alkanes of at least 4 members (excludes halogenated alkanes) is 2. The quantitative estimate of drug-likeness (QED) is 0.246. The van der Waals surface area contributed by atoms with Crippen LogP contribution in [0.4, 0.5) is 5.13 Å². The molecule has 2 aromatic carbocycles. The Morgan fingerprint density at radius 1 is 0.975 bits per heavy atom. The van der Waals surface area contributed by atoms with Crippen molar-refractivity contribution >= 4 is 42.6 Å². The number of carbonyl (C=O) groups excluding carboxylic acids is 1. The number of anilines is 1. The van der Waals surface area contributed by atoms with Gasteiger partial charge in [-0.1, -0.05) is 50.2 Å². The summed E-state index contributed by atoms with van der Waals surface area (Å²) >= 11 is 1.51. The maximum absolute atomic E-state index is 13.9. The Morgan fingerprint density at radius 2 is 1.65 bits per heavy atom.